The number of aldehydes is 1. The largest absolute Gasteiger partial charge is 0.490 e. The van der Waals surface area contributed by atoms with E-state index in [-0.39, 0.29) is 0 Å². The van der Waals surface area contributed by atoms with Gasteiger partial charge in [0.1, 0.15) is 6.61 Å². The first-order valence-electron chi connectivity index (χ1n) is 6.74. The Morgan fingerprint density at radius 1 is 1.14 bits per heavy atom. The molecule has 0 aliphatic heterocycles. The molecular formula is C17H17ClO3. The molecule has 0 saturated carbocycles. The van der Waals surface area contributed by atoms with Gasteiger partial charge in [-0.05, 0) is 31.0 Å². The Balaban J connectivity index is 2.24. The van der Waals surface area contributed by atoms with Crippen LogP contribution in [0.5, 0.6) is 11.5 Å². The van der Waals surface area contributed by atoms with Crippen LogP contribution in [0, 0.1) is 6.92 Å². The van der Waals surface area contributed by atoms with Crippen LogP contribution >= 0.6 is 11.6 Å². The number of halogens is 1. The number of hydrogen-bond donors (Lipinski definition) is 0. The summed E-state index contributed by atoms with van der Waals surface area (Å²) in [7, 11) is 0. The van der Waals surface area contributed by atoms with Crippen LogP contribution in [0.1, 0.15) is 28.4 Å². The lowest BCUT2D eigenvalue weighted by Crippen LogP contribution is -2.02. The van der Waals surface area contributed by atoms with Crippen LogP contribution in [0.15, 0.2) is 36.4 Å². The summed E-state index contributed by atoms with van der Waals surface area (Å²) in [4.78, 5) is 10.9. The predicted molar refractivity (Wildman–Crippen MR) is 83.5 cm³/mol. The smallest absolute Gasteiger partial charge is 0.163 e. The molecule has 21 heavy (non-hydrogen) atoms. The first-order valence-corrected chi connectivity index (χ1v) is 7.12. The summed E-state index contributed by atoms with van der Waals surface area (Å²) in [6, 6.07) is 11.2. The Kier molecular flexibility index (Phi) is 5.23. The Morgan fingerprint density at radius 3 is 2.52 bits per heavy atom. The molecule has 4 heteroatoms. The van der Waals surface area contributed by atoms with E-state index in [4.69, 9.17) is 21.1 Å². The first kappa shape index (κ1) is 15.4. The third kappa shape index (κ3) is 3.76. The molecule has 0 spiro atoms. The van der Waals surface area contributed by atoms with Crippen LogP contribution in [-0.4, -0.2) is 12.9 Å². The molecule has 0 aliphatic rings. The number of ether oxygens (including phenoxy) is 2. The maximum absolute atomic E-state index is 10.9. The fraction of sp³-hybridized carbons (Fsp3) is 0.235. The van der Waals surface area contributed by atoms with Crippen molar-refractivity contribution < 1.29 is 14.3 Å². The summed E-state index contributed by atoms with van der Waals surface area (Å²) in [5.74, 6) is 1.06. The van der Waals surface area contributed by atoms with E-state index in [9.17, 15) is 4.79 Å². The molecule has 2 rings (SSSR count). The highest BCUT2D eigenvalue weighted by atomic mass is 35.5. The van der Waals surface area contributed by atoms with E-state index in [1.165, 1.54) is 0 Å². The van der Waals surface area contributed by atoms with Crippen LogP contribution in [-0.2, 0) is 6.61 Å². The zero-order valence-electron chi connectivity index (χ0n) is 12.1. The third-order valence-electron chi connectivity index (χ3n) is 3.13. The maximum atomic E-state index is 10.9. The number of hydrogen-bond acceptors (Lipinski definition) is 3. The van der Waals surface area contributed by atoms with Crippen molar-refractivity contribution in [3.8, 4) is 11.5 Å². The van der Waals surface area contributed by atoms with E-state index in [1.807, 2.05) is 38.1 Å². The zero-order chi connectivity index (χ0) is 15.2. The second-order valence-electron chi connectivity index (χ2n) is 4.59. The fourth-order valence-corrected chi connectivity index (χ4v) is 2.15. The van der Waals surface area contributed by atoms with Gasteiger partial charge in [-0.1, -0.05) is 35.9 Å². The first-order chi connectivity index (χ1) is 10.2. The lowest BCUT2D eigenvalue weighted by Gasteiger charge is -2.14. The van der Waals surface area contributed by atoms with Crippen molar-refractivity contribution >= 4 is 17.9 Å². The van der Waals surface area contributed by atoms with Crippen LogP contribution < -0.4 is 9.47 Å². The molecule has 110 valence electrons. The summed E-state index contributed by atoms with van der Waals surface area (Å²) in [5, 5.41) is 0.355. The van der Waals surface area contributed by atoms with Crippen LogP contribution in [0.2, 0.25) is 5.02 Å². The van der Waals surface area contributed by atoms with Crippen molar-refractivity contribution in [2.24, 2.45) is 0 Å². The topological polar surface area (TPSA) is 35.5 Å². The molecule has 0 atom stereocenters. The summed E-state index contributed by atoms with van der Waals surface area (Å²) in [5.41, 5.74) is 2.64. The SMILES string of the molecule is CCOc1cc(C=O)c(Cl)cc1OCc1ccccc1C. The molecule has 0 radical (unpaired) electrons. The molecule has 2 aromatic carbocycles. The second kappa shape index (κ2) is 7.14. The number of benzene rings is 2. The quantitative estimate of drug-likeness (QED) is 0.740. The minimum absolute atomic E-state index is 0.355. The van der Waals surface area contributed by atoms with Crippen LogP contribution in [0.3, 0.4) is 0 Å². The highest BCUT2D eigenvalue weighted by Crippen LogP contribution is 2.33. The summed E-state index contributed by atoms with van der Waals surface area (Å²) in [6.07, 6.45) is 0.704. The maximum Gasteiger partial charge on any atom is 0.163 e. The van der Waals surface area contributed by atoms with Crippen molar-refractivity contribution in [1.29, 1.82) is 0 Å². The van der Waals surface area contributed by atoms with Gasteiger partial charge in [-0.25, -0.2) is 0 Å². The van der Waals surface area contributed by atoms with Crippen molar-refractivity contribution in [3.63, 3.8) is 0 Å². The van der Waals surface area contributed by atoms with Gasteiger partial charge in [0, 0.05) is 11.6 Å². The molecular weight excluding hydrogens is 288 g/mol. The predicted octanol–water partition coefficient (Wildman–Crippen LogP) is 4.44. The van der Waals surface area contributed by atoms with Gasteiger partial charge in [0.2, 0.25) is 0 Å². The molecule has 0 amide bonds. The highest BCUT2D eigenvalue weighted by molar-refractivity contribution is 6.33. The molecule has 3 nitrogen and oxygen atoms in total. The Labute approximate surface area is 129 Å². The van der Waals surface area contributed by atoms with Crippen molar-refractivity contribution in [2.75, 3.05) is 6.61 Å². The van der Waals surface area contributed by atoms with Gasteiger partial charge in [-0.3, -0.25) is 4.79 Å². The summed E-state index contributed by atoms with van der Waals surface area (Å²) < 4.78 is 11.3. The minimum atomic E-state index is 0.355. The fourth-order valence-electron chi connectivity index (χ4n) is 1.95. The molecule has 0 bridgehead atoms. The Bertz CT molecular complexity index is 638. The van der Waals surface area contributed by atoms with E-state index in [0.29, 0.717) is 41.6 Å². The molecule has 0 aliphatic carbocycles. The van der Waals surface area contributed by atoms with Crippen molar-refractivity contribution in [1.82, 2.24) is 0 Å². The minimum Gasteiger partial charge on any atom is -0.490 e. The Morgan fingerprint density at radius 2 is 1.86 bits per heavy atom. The number of carbonyl (C=O) groups is 1. The number of aryl methyl sites for hydroxylation is 1. The third-order valence-corrected chi connectivity index (χ3v) is 3.46. The monoisotopic (exact) mass is 304 g/mol. The average Bonchev–Trinajstić information content (AvgIpc) is 2.48. The lowest BCUT2D eigenvalue weighted by molar-refractivity contribution is 0.112. The zero-order valence-corrected chi connectivity index (χ0v) is 12.8. The van der Waals surface area contributed by atoms with Gasteiger partial charge in [-0.15, -0.1) is 0 Å². The van der Waals surface area contributed by atoms with Gasteiger partial charge in [0.25, 0.3) is 0 Å². The average molecular weight is 305 g/mol. The van der Waals surface area contributed by atoms with Crippen LogP contribution in [0.25, 0.3) is 0 Å². The van der Waals surface area contributed by atoms with Crippen molar-refractivity contribution in [3.05, 3.63) is 58.1 Å². The van der Waals surface area contributed by atoms with Crippen LogP contribution in [0.4, 0.5) is 0 Å². The highest BCUT2D eigenvalue weighted by Gasteiger charge is 2.11. The van der Waals surface area contributed by atoms with Gasteiger partial charge < -0.3 is 9.47 Å². The van der Waals surface area contributed by atoms with Gasteiger partial charge >= 0.3 is 0 Å². The van der Waals surface area contributed by atoms with E-state index >= 15 is 0 Å². The lowest BCUT2D eigenvalue weighted by atomic mass is 10.1. The molecule has 0 N–H and O–H groups in total. The molecule has 0 aromatic heterocycles. The van der Waals surface area contributed by atoms with E-state index in [2.05, 4.69) is 0 Å². The second-order valence-corrected chi connectivity index (χ2v) is 4.99. The molecule has 2 aromatic rings. The molecule has 0 fully saturated rings. The van der Waals surface area contributed by atoms with E-state index in [1.54, 1.807) is 12.1 Å². The number of carbonyl (C=O) groups excluding carboxylic acids is 1. The Hall–Kier alpha value is -2.00. The number of rotatable bonds is 6. The normalized spacial score (nSPS) is 10.2. The van der Waals surface area contributed by atoms with Gasteiger partial charge in [0.05, 0.1) is 11.6 Å². The molecule has 0 unspecified atom stereocenters. The standard InChI is InChI=1S/C17H17ClO3/c1-3-20-16-8-14(10-19)15(18)9-17(16)21-11-13-7-5-4-6-12(13)2/h4-10H,3,11H2,1-2H3. The molecule has 0 saturated heterocycles. The van der Waals surface area contributed by atoms with Crippen molar-refractivity contribution in [2.45, 2.75) is 20.5 Å². The van der Waals surface area contributed by atoms with Gasteiger partial charge in [-0.2, -0.15) is 0 Å². The molecule has 0 heterocycles. The van der Waals surface area contributed by atoms with Gasteiger partial charge in [0.15, 0.2) is 17.8 Å². The van der Waals surface area contributed by atoms with E-state index < -0.39 is 0 Å². The summed E-state index contributed by atoms with van der Waals surface area (Å²) >= 11 is 6.05. The summed E-state index contributed by atoms with van der Waals surface area (Å²) in [6.45, 7) is 4.81. The van der Waals surface area contributed by atoms with E-state index in [0.717, 1.165) is 11.1 Å².